The predicted molar refractivity (Wildman–Crippen MR) is 65.2 cm³/mol. The van der Waals surface area contributed by atoms with E-state index in [0.717, 1.165) is 18.5 Å². The molecule has 1 aromatic rings. The minimum atomic E-state index is -0.792. The second-order valence-corrected chi connectivity index (χ2v) is 5.07. The van der Waals surface area contributed by atoms with E-state index in [1.807, 2.05) is 11.0 Å². The highest BCUT2D eigenvalue weighted by Gasteiger charge is 2.30. The zero-order valence-electron chi connectivity index (χ0n) is 9.20. The van der Waals surface area contributed by atoms with Crippen molar-refractivity contribution in [2.24, 2.45) is 0 Å². The van der Waals surface area contributed by atoms with Crippen LogP contribution in [0.3, 0.4) is 0 Å². The van der Waals surface area contributed by atoms with Gasteiger partial charge in [0.1, 0.15) is 11.9 Å². The summed E-state index contributed by atoms with van der Waals surface area (Å²) >= 11 is 3.09. The van der Waals surface area contributed by atoms with Gasteiger partial charge in [0.05, 0.1) is 4.47 Å². The lowest BCUT2D eigenvalue weighted by Crippen LogP contribution is -2.35. The molecule has 1 aliphatic rings. The van der Waals surface area contributed by atoms with Crippen LogP contribution in [0.4, 0.5) is 4.39 Å². The molecule has 1 aromatic carbocycles. The largest absolute Gasteiger partial charge is 0.480 e. The van der Waals surface area contributed by atoms with E-state index in [2.05, 4.69) is 15.9 Å². The maximum atomic E-state index is 13.3. The molecule has 0 aliphatic carbocycles. The fourth-order valence-corrected chi connectivity index (χ4v) is 2.41. The number of hydrogen-bond donors (Lipinski definition) is 1. The first-order valence-electron chi connectivity index (χ1n) is 5.48. The average Bonchev–Trinajstić information content (AvgIpc) is 2.72. The summed E-state index contributed by atoms with van der Waals surface area (Å²) in [5.41, 5.74) is 0.804. The van der Waals surface area contributed by atoms with E-state index in [9.17, 15) is 9.18 Å². The van der Waals surface area contributed by atoms with E-state index in [4.69, 9.17) is 5.11 Å². The minimum absolute atomic E-state index is 0.312. The Hall–Kier alpha value is -0.940. The summed E-state index contributed by atoms with van der Waals surface area (Å²) < 4.78 is 13.8. The molecule has 1 N–H and O–H groups in total. The Morgan fingerprint density at radius 2 is 2.35 bits per heavy atom. The van der Waals surface area contributed by atoms with Crippen LogP contribution in [0.2, 0.25) is 0 Å². The third-order valence-corrected chi connectivity index (χ3v) is 3.66. The monoisotopic (exact) mass is 301 g/mol. The van der Waals surface area contributed by atoms with Gasteiger partial charge < -0.3 is 5.11 Å². The zero-order valence-corrected chi connectivity index (χ0v) is 10.8. The molecule has 1 saturated heterocycles. The summed E-state index contributed by atoms with van der Waals surface area (Å²) in [6.45, 7) is 1.25. The summed E-state index contributed by atoms with van der Waals surface area (Å²) in [7, 11) is 0. The first-order valence-corrected chi connectivity index (χ1v) is 6.28. The van der Waals surface area contributed by atoms with Crippen LogP contribution in [0.1, 0.15) is 18.4 Å². The lowest BCUT2D eigenvalue weighted by atomic mass is 10.2. The standard InChI is InChI=1S/C12H13BrFNO2/c13-9-4-3-8(6-10(9)14)7-15-5-1-2-11(15)12(16)17/h3-4,6,11H,1-2,5,7H2,(H,16,17)/t11-/m1/s1. The molecule has 0 unspecified atom stereocenters. The van der Waals surface area contributed by atoms with E-state index in [1.54, 1.807) is 6.07 Å². The van der Waals surface area contributed by atoms with Crippen molar-refractivity contribution in [2.45, 2.75) is 25.4 Å². The highest BCUT2D eigenvalue weighted by molar-refractivity contribution is 9.10. The van der Waals surface area contributed by atoms with Gasteiger partial charge in [-0.25, -0.2) is 4.39 Å². The number of benzene rings is 1. The molecule has 1 heterocycles. The van der Waals surface area contributed by atoms with E-state index >= 15 is 0 Å². The maximum absolute atomic E-state index is 13.3. The van der Waals surface area contributed by atoms with Crippen molar-refractivity contribution in [2.75, 3.05) is 6.54 Å². The van der Waals surface area contributed by atoms with Crippen molar-refractivity contribution in [3.05, 3.63) is 34.1 Å². The van der Waals surface area contributed by atoms with E-state index in [-0.39, 0.29) is 5.82 Å². The summed E-state index contributed by atoms with van der Waals surface area (Å²) in [6, 6.07) is 4.48. The molecule has 0 radical (unpaired) electrons. The average molecular weight is 302 g/mol. The molecule has 3 nitrogen and oxygen atoms in total. The van der Waals surface area contributed by atoms with Crippen LogP contribution >= 0.6 is 15.9 Å². The molecule has 1 atom stereocenters. The number of nitrogens with zero attached hydrogens (tertiary/aromatic N) is 1. The quantitative estimate of drug-likeness (QED) is 0.933. The van der Waals surface area contributed by atoms with Crippen LogP contribution in [0.15, 0.2) is 22.7 Å². The van der Waals surface area contributed by atoms with Gasteiger partial charge in [-0.2, -0.15) is 0 Å². The van der Waals surface area contributed by atoms with Gasteiger partial charge in [0.15, 0.2) is 0 Å². The van der Waals surface area contributed by atoms with Crippen LogP contribution in [0.5, 0.6) is 0 Å². The molecule has 17 heavy (non-hydrogen) atoms. The van der Waals surface area contributed by atoms with Crippen LogP contribution in [-0.4, -0.2) is 28.6 Å². The van der Waals surface area contributed by atoms with E-state index in [0.29, 0.717) is 17.4 Å². The number of rotatable bonds is 3. The lowest BCUT2D eigenvalue weighted by Gasteiger charge is -2.21. The summed E-state index contributed by atoms with van der Waals surface area (Å²) in [4.78, 5) is 12.9. The maximum Gasteiger partial charge on any atom is 0.320 e. The Labute approximate surface area is 107 Å². The third kappa shape index (κ3) is 2.84. The Morgan fingerprint density at radius 3 is 3.00 bits per heavy atom. The van der Waals surface area contributed by atoms with Gasteiger partial charge >= 0.3 is 5.97 Å². The Bertz CT molecular complexity index is 439. The molecular formula is C12H13BrFNO2. The number of likely N-dealkylation sites (tertiary alicyclic amines) is 1. The van der Waals surface area contributed by atoms with E-state index < -0.39 is 12.0 Å². The highest BCUT2D eigenvalue weighted by Crippen LogP contribution is 2.22. The summed E-state index contributed by atoms with van der Waals surface area (Å²) in [5, 5.41) is 9.04. The fourth-order valence-electron chi connectivity index (χ4n) is 2.17. The SMILES string of the molecule is O=C(O)[C@H]1CCCN1Cc1ccc(Br)c(F)c1. The van der Waals surface area contributed by atoms with Crippen molar-refractivity contribution in [1.82, 2.24) is 4.90 Å². The van der Waals surface area contributed by atoms with E-state index in [1.165, 1.54) is 6.07 Å². The minimum Gasteiger partial charge on any atom is -0.480 e. The zero-order chi connectivity index (χ0) is 12.4. The van der Waals surface area contributed by atoms with Crippen LogP contribution in [0.25, 0.3) is 0 Å². The van der Waals surface area contributed by atoms with Crippen molar-refractivity contribution < 1.29 is 14.3 Å². The molecule has 1 fully saturated rings. The van der Waals surface area contributed by atoms with Crippen molar-refractivity contribution >= 4 is 21.9 Å². The third-order valence-electron chi connectivity index (χ3n) is 3.02. The smallest absolute Gasteiger partial charge is 0.320 e. The fraction of sp³-hybridized carbons (Fsp3) is 0.417. The molecule has 5 heteroatoms. The molecule has 92 valence electrons. The number of aliphatic carboxylic acids is 1. The number of halogens is 2. The first kappa shape index (κ1) is 12.5. The molecule has 2 rings (SSSR count). The normalized spacial score (nSPS) is 20.7. The second-order valence-electron chi connectivity index (χ2n) is 4.22. The van der Waals surface area contributed by atoms with Crippen molar-refractivity contribution in [3.8, 4) is 0 Å². The molecule has 1 aliphatic heterocycles. The summed E-state index contributed by atoms with van der Waals surface area (Å²) in [5.74, 6) is -1.10. The van der Waals surface area contributed by atoms with Gasteiger partial charge in [0, 0.05) is 6.54 Å². The predicted octanol–water partition coefficient (Wildman–Crippen LogP) is 2.64. The number of carboxylic acid groups (broad SMARTS) is 1. The lowest BCUT2D eigenvalue weighted by molar-refractivity contribution is -0.142. The van der Waals surface area contributed by atoms with Gasteiger partial charge in [-0.15, -0.1) is 0 Å². The Kier molecular flexibility index (Phi) is 3.79. The van der Waals surface area contributed by atoms with Crippen LogP contribution in [0, 0.1) is 5.82 Å². The highest BCUT2D eigenvalue weighted by atomic mass is 79.9. The van der Waals surface area contributed by atoms with Crippen molar-refractivity contribution in [1.29, 1.82) is 0 Å². The van der Waals surface area contributed by atoms with Crippen LogP contribution in [-0.2, 0) is 11.3 Å². The molecule has 0 aromatic heterocycles. The number of carbonyl (C=O) groups is 1. The summed E-state index contributed by atoms with van der Waals surface area (Å²) in [6.07, 6.45) is 1.56. The second kappa shape index (κ2) is 5.14. The Balaban J connectivity index is 2.09. The number of hydrogen-bond acceptors (Lipinski definition) is 2. The first-order chi connectivity index (χ1) is 8.08. The molecule has 0 spiro atoms. The molecule has 0 saturated carbocycles. The molecule has 0 bridgehead atoms. The van der Waals surface area contributed by atoms with Crippen molar-refractivity contribution in [3.63, 3.8) is 0 Å². The van der Waals surface area contributed by atoms with Gasteiger partial charge in [-0.3, -0.25) is 9.69 Å². The van der Waals surface area contributed by atoms with Gasteiger partial charge in [-0.05, 0) is 53.0 Å². The van der Waals surface area contributed by atoms with Gasteiger partial charge in [-0.1, -0.05) is 6.07 Å². The van der Waals surface area contributed by atoms with Gasteiger partial charge in [0.2, 0.25) is 0 Å². The number of carboxylic acids is 1. The van der Waals surface area contributed by atoms with Gasteiger partial charge in [0.25, 0.3) is 0 Å². The molecular weight excluding hydrogens is 289 g/mol. The van der Waals surface area contributed by atoms with Crippen LogP contribution < -0.4 is 0 Å². The topological polar surface area (TPSA) is 40.5 Å². The Morgan fingerprint density at radius 1 is 1.59 bits per heavy atom. The molecule has 0 amide bonds.